The molecule has 0 spiro atoms. The van der Waals surface area contributed by atoms with Gasteiger partial charge in [0.2, 0.25) is 5.91 Å². The highest BCUT2D eigenvalue weighted by atomic mass is 19.1. The van der Waals surface area contributed by atoms with Crippen molar-refractivity contribution in [2.75, 3.05) is 37.6 Å². The van der Waals surface area contributed by atoms with Gasteiger partial charge in [-0.15, -0.1) is 0 Å². The molecule has 5 nitrogen and oxygen atoms in total. The first kappa shape index (κ1) is 21.5. The first-order valence-electron chi connectivity index (χ1n) is 10.8. The van der Waals surface area contributed by atoms with Crippen LogP contribution in [0.25, 0.3) is 0 Å². The van der Waals surface area contributed by atoms with Crippen molar-refractivity contribution in [3.63, 3.8) is 0 Å². The zero-order valence-electron chi connectivity index (χ0n) is 18.4. The summed E-state index contributed by atoms with van der Waals surface area (Å²) in [5.41, 5.74) is 4.12. The summed E-state index contributed by atoms with van der Waals surface area (Å²) in [5.74, 6) is -0.183. The molecule has 0 unspecified atom stereocenters. The van der Waals surface area contributed by atoms with Crippen LogP contribution in [0.1, 0.15) is 43.0 Å². The molecule has 0 saturated carbocycles. The second-order valence-electron chi connectivity index (χ2n) is 9.40. The predicted molar refractivity (Wildman–Crippen MR) is 120 cm³/mol. The summed E-state index contributed by atoms with van der Waals surface area (Å²) in [6.07, 6.45) is 0.522. The maximum atomic E-state index is 13.3. The van der Waals surface area contributed by atoms with Gasteiger partial charge in [-0.05, 0) is 54.3 Å². The van der Waals surface area contributed by atoms with Crippen LogP contribution >= 0.6 is 0 Å². The number of halogens is 1. The van der Waals surface area contributed by atoms with Gasteiger partial charge in [0.05, 0.1) is 18.2 Å². The number of amides is 1. The Morgan fingerprint density at radius 3 is 2.71 bits per heavy atom. The van der Waals surface area contributed by atoms with Gasteiger partial charge in [-0.2, -0.15) is 5.26 Å². The lowest BCUT2D eigenvalue weighted by Crippen LogP contribution is -2.52. The number of nitriles is 1. The lowest BCUT2D eigenvalue weighted by molar-refractivity contribution is -0.120. The van der Waals surface area contributed by atoms with Gasteiger partial charge in [0.1, 0.15) is 5.82 Å². The van der Waals surface area contributed by atoms with Gasteiger partial charge in [0, 0.05) is 43.3 Å². The molecule has 2 aromatic rings. The van der Waals surface area contributed by atoms with Crippen molar-refractivity contribution < 1.29 is 9.18 Å². The number of carbonyl (C=O) groups is 1. The maximum Gasteiger partial charge on any atom is 0.241 e. The molecular formula is C25H29FN4O. The number of anilines is 1. The molecule has 1 amide bonds. The lowest BCUT2D eigenvalue weighted by atomic mass is 9.84. The summed E-state index contributed by atoms with van der Waals surface area (Å²) < 4.78 is 13.3. The molecule has 162 valence electrons. The Balaban J connectivity index is 1.64. The molecule has 4 rings (SSSR count). The van der Waals surface area contributed by atoms with Crippen LogP contribution in [0.15, 0.2) is 36.4 Å². The molecule has 6 heteroatoms. The van der Waals surface area contributed by atoms with E-state index in [9.17, 15) is 14.4 Å². The Labute approximate surface area is 183 Å². The largest absolute Gasteiger partial charge is 0.312 e. The van der Waals surface area contributed by atoms with Crippen molar-refractivity contribution in [2.24, 2.45) is 0 Å². The van der Waals surface area contributed by atoms with Crippen LogP contribution in [-0.2, 0) is 16.6 Å². The van der Waals surface area contributed by atoms with Gasteiger partial charge >= 0.3 is 0 Å². The molecule has 1 fully saturated rings. The molecule has 0 radical (unpaired) electrons. The summed E-state index contributed by atoms with van der Waals surface area (Å²) in [6, 6.07) is 13.0. The van der Waals surface area contributed by atoms with Crippen molar-refractivity contribution in [1.82, 2.24) is 10.2 Å². The predicted octanol–water partition coefficient (Wildman–Crippen LogP) is 3.21. The third-order valence-electron chi connectivity index (χ3n) is 6.34. The van der Waals surface area contributed by atoms with E-state index in [0.29, 0.717) is 31.1 Å². The van der Waals surface area contributed by atoms with Gasteiger partial charge in [0.25, 0.3) is 0 Å². The lowest BCUT2D eigenvalue weighted by Gasteiger charge is -2.32. The fourth-order valence-corrected chi connectivity index (χ4v) is 4.69. The van der Waals surface area contributed by atoms with Crippen LogP contribution in [0.2, 0.25) is 0 Å². The number of nitrogens with one attached hydrogen (secondary N) is 1. The van der Waals surface area contributed by atoms with Gasteiger partial charge < -0.3 is 10.2 Å². The Hall–Kier alpha value is -2.75. The second kappa shape index (κ2) is 8.41. The van der Waals surface area contributed by atoms with Crippen molar-refractivity contribution >= 4 is 11.6 Å². The summed E-state index contributed by atoms with van der Waals surface area (Å²) in [7, 11) is 0. The van der Waals surface area contributed by atoms with Crippen LogP contribution in [0.3, 0.4) is 0 Å². The van der Waals surface area contributed by atoms with E-state index in [0.717, 1.165) is 42.0 Å². The Bertz CT molecular complexity index is 1030. The van der Waals surface area contributed by atoms with Gasteiger partial charge in [-0.3, -0.25) is 9.69 Å². The molecule has 1 saturated heterocycles. The minimum absolute atomic E-state index is 0.0957. The summed E-state index contributed by atoms with van der Waals surface area (Å²) in [4.78, 5) is 17.4. The van der Waals surface area contributed by atoms with E-state index in [1.54, 1.807) is 12.1 Å². The van der Waals surface area contributed by atoms with Crippen molar-refractivity contribution in [1.29, 1.82) is 5.26 Å². The molecule has 2 aliphatic heterocycles. The average Bonchev–Trinajstić information content (AvgIpc) is 2.99. The highest BCUT2D eigenvalue weighted by molar-refractivity contribution is 5.98. The number of rotatable bonds is 4. The number of carbonyl (C=O) groups excluding carboxylic acids is 1. The first-order valence-corrected chi connectivity index (χ1v) is 10.8. The fraction of sp³-hybridized carbons (Fsp3) is 0.440. The van der Waals surface area contributed by atoms with E-state index >= 15 is 0 Å². The Kier molecular flexibility index (Phi) is 5.83. The van der Waals surface area contributed by atoms with Crippen LogP contribution in [-0.4, -0.2) is 49.6 Å². The molecule has 1 atom stereocenters. The van der Waals surface area contributed by atoms with Crippen molar-refractivity contribution in [3.05, 3.63) is 64.5 Å². The molecule has 0 bridgehead atoms. The van der Waals surface area contributed by atoms with Gasteiger partial charge in [0.15, 0.2) is 0 Å². The monoisotopic (exact) mass is 420 g/mol. The first-order chi connectivity index (χ1) is 14.8. The van der Waals surface area contributed by atoms with E-state index in [1.165, 1.54) is 12.1 Å². The van der Waals surface area contributed by atoms with E-state index in [-0.39, 0.29) is 17.1 Å². The van der Waals surface area contributed by atoms with Crippen LogP contribution < -0.4 is 10.2 Å². The van der Waals surface area contributed by atoms with Gasteiger partial charge in [-0.1, -0.05) is 26.0 Å². The highest BCUT2D eigenvalue weighted by Gasteiger charge is 2.39. The molecule has 1 N–H and O–H groups in total. The molecule has 2 aliphatic rings. The van der Waals surface area contributed by atoms with Crippen LogP contribution in [0, 0.1) is 17.1 Å². The summed E-state index contributed by atoms with van der Waals surface area (Å²) in [5, 5.41) is 13.2. The van der Waals surface area contributed by atoms with E-state index in [1.807, 2.05) is 17.0 Å². The number of piperazine rings is 1. The number of benzene rings is 2. The third-order valence-corrected chi connectivity index (χ3v) is 6.34. The molecule has 2 heterocycles. The molecule has 31 heavy (non-hydrogen) atoms. The SMILES string of the molecule is C[C@@H]1CN(CC(=O)N2CC(C)(C)c3cc(C#N)c(Cc4ccc(F)cc4)cc32)CCN1. The smallest absolute Gasteiger partial charge is 0.241 e. The van der Waals surface area contributed by atoms with E-state index in [2.05, 4.69) is 37.1 Å². The number of hydrogen-bond donors (Lipinski definition) is 1. The zero-order valence-corrected chi connectivity index (χ0v) is 18.4. The normalized spacial score (nSPS) is 20.4. The zero-order chi connectivity index (χ0) is 22.2. The third kappa shape index (κ3) is 4.48. The second-order valence-corrected chi connectivity index (χ2v) is 9.40. The van der Waals surface area contributed by atoms with E-state index < -0.39 is 0 Å². The van der Waals surface area contributed by atoms with Crippen LogP contribution in [0.4, 0.5) is 10.1 Å². The molecule has 0 aromatic heterocycles. The topological polar surface area (TPSA) is 59.4 Å². The quantitative estimate of drug-likeness (QED) is 0.825. The Morgan fingerprint density at radius 2 is 2.03 bits per heavy atom. The minimum atomic E-state index is -0.279. The maximum absolute atomic E-state index is 13.3. The van der Waals surface area contributed by atoms with E-state index in [4.69, 9.17) is 0 Å². The van der Waals surface area contributed by atoms with Gasteiger partial charge in [-0.25, -0.2) is 4.39 Å². The van der Waals surface area contributed by atoms with Crippen molar-refractivity contribution in [3.8, 4) is 6.07 Å². The Morgan fingerprint density at radius 1 is 1.29 bits per heavy atom. The number of hydrogen-bond acceptors (Lipinski definition) is 4. The number of fused-ring (bicyclic) bond motifs is 1. The molecule has 2 aromatic carbocycles. The standard InChI is InChI=1S/C25H29FN4O/c1-17-14-29(9-8-28-17)15-24(31)30-16-25(2,3)22-11-20(13-27)19(12-23(22)30)10-18-4-6-21(26)7-5-18/h4-7,11-12,17,28H,8-10,14-16H2,1-3H3/t17-/m1/s1. The van der Waals surface area contributed by atoms with Crippen LogP contribution in [0.5, 0.6) is 0 Å². The minimum Gasteiger partial charge on any atom is -0.312 e. The fourth-order valence-electron chi connectivity index (χ4n) is 4.69. The summed E-state index contributed by atoms with van der Waals surface area (Å²) >= 11 is 0. The highest BCUT2D eigenvalue weighted by Crippen LogP contribution is 2.42. The van der Waals surface area contributed by atoms with Crippen molar-refractivity contribution in [2.45, 2.75) is 38.6 Å². The molecular weight excluding hydrogens is 391 g/mol. The average molecular weight is 421 g/mol. The molecule has 0 aliphatic carbocycles. The summed E-state index contributed by atoms with van der Waals surface area (Å²) in [6.45, 7) is 9.99. The number of nitrogens with zero attached hydrogens (tertiary/aromatic N) is 3.